The summed E-state index contributed by atoms with van der Waals surface area (Å²) in [7, 11) is 1.95. The lowest BCUT2D eigenvalue weighted by Crippen LogP contribution is -2.34. The van der Waals surface area contributed by atoms with Crippen molar-refractivity contribution < 1.29 is 4.79 Å². The Morgan fingerprint density at radius 3 is 2.84 bits per heavy atom. The quantitative estimate of drug-likeness (QED) is 0.913. The van der Waals surface area contributed by atoms with Crippen LogP contribution in [0.15, 0.2) is 29.9 Å². The number of carbonyl (C=O) groups excluding carboxylic acids is 1. The highest BCUT2D eigenvalue weighted by atomic mass is 32.1. The molecule has 0 aliphatic heterocycles. The fraction of sp³-hybridized carbons (Fsp3) is 0.429. The van der Waals surface area contributed by atoms with Crippen LogP contribution in [-0.4, -0.2) is 15.5 Å². The predicted molar refractivity (Wildman–Crippen MR) is 77.0 cm³/mol. The van der Waals surface area contributed by atoms with E-state index in [4.69, 9.17) is 0 Å². The zero-order chi connectivity index (χ0) is 13.8. The van der Waals surface area contributed by atoms with Gasteiger partial charge in [-0.3, -0.25) is 4.79 Å². The number of nitrogens with one attached hydrogen (secondary N) is 1. The molecule has 0 radical (unpaired) electrons. The third-order valence-corrected chi connectivity index (χ3v) is 3.91. The molecule has 0 aliphatic rings. The lowest BCUT2D eigenvalue weighted by molar-refractivity contribution is -0.121. The molecule has 1 atom stereocenters. The number of hydrogen-bond acceptors (Lipinski definition) is 3. The van der Waals surface area contributed by atoms with Crippen LogP contribution < -0.4 is 5.32 Å². The number of rotatable bonds is 5. The topological polar surface area (TPSA) is 46.9 Å². The minimum Gasteiger partial charge on any atom is -0.346 e. The standard InChI is InChI=1S/C14H19N3OS/c1-10(2)13(14-15-6-7-17(14)3)16-12(18)9-11-5-4-8-19-11/h4-8,10,13H,9H2,1-3H3,(H,16,18)/t13-/m1/s1. The van der Waals surface area contributed by atoms with Gasteiger partial charge in [-0.2, -0.15) is 0 Å². The Labute approximate surface area is 117 Å². The first-order chi connectivity index (χ1) is 9.08. The van der Waals surface area contributed by atoms with Crippen molar-refractivity contribution in [3.05, 3.63) is 40.6 Å². The molecule has 0 fully saturated rings. The second-order valence-electron chi connectivity index (χ2n) is 4.94. The van der Waals surface area contributed by atoms with Crippen LogP contribution in [0.3, 0.4) is 0 Å². The lowest BCUT2D eigenvalue weighted by atomic mass is 10.0. The second kappa shape index (κ2) is 6.02. The molecule has 0 bridgehead atoms. The van der Waals surface area contributed by atoms with Gasteiger partial charge in [0.15, 0.2) is 0 Å². The molecule has 0 aliphatic carbocycles. The summed E-state index contributed by atoms with van der Waals surface area (Å²) < 4.78 is 1.95. The summed E-state index contributed by atoms with van der Waals surface area (Å²) in [6.45, 7) is 4.18. The van der Waals surface area contributed by atoms with E-state index in [9.17, 15) is 4.79 Å². The van der Waals surface area contributed by atoms with Gasteiger partial charge < -0.3 is 9.88 Å². The van der Waals surface area contributed by atoms with E-state index in [1.54, 1.807) is 17.5 Å². The van der Waals surface area contributed by atoms with Gasteiger partial charge in [-0.25, -0.2) is 4.98 Å². The monoisotopic (exact) mass is 277 g/mol. The number of amides is 1. The Kier molecular flexibility index (Phi) is 4.37. The van der Waals surface area contributed by atoms with Crippen molar-refractivity contribution in [3.63, 3.8) is 0 Å². The summed E-state index contributed by atoms with van der Waals surface area (Å²) in [6.07, 6.45) is 4.09. The maximum Gasteiger partial charge on any atom is 0.225 e. The van der Waals surface area contributed by atoms with Crippen LogP contribution >= 0.6 is 11.3 Å². The van der Waals surface area contributed by atoms with Gasteiger partial charge in [-0.05, 0) is 17.4 Å². The van der Waals surface area contributed by atoms with E-state index in [1.165, 1.54) is 0 Å². The van der Waals surface area contributed by atoms with Gasteiger partial charge in [0.2, 0.25) is 5.91 Å². The minimum absolute atomic E-state index is 0.0455. The van der Waals surface area contributed by atoms with Crippen LogP contribution in [-0.2, 0) is 18.3 Å². The van der Waals surface area contributed by atoms with Gasteiger partial charge in [0.05, 0.1) is 12.5 Å². The summed E-state index contributed by atoms with van der Waals surface area (Å²) in [5, 5.41) is 5.07. The SMILES string of the molecule is CC(C)[C@@H](NC(=O)Cc1cccs1)c1nccn1C. The Morgan fingerprint density at radius 1 is 1.53 bits per heavy atom. The fourth-order valence-electron chi connectivity index (χ4n) is 2.00. The van der Waals surface area contributed by atoms with Crippen LogP contribution in [0.4, 0.5) is 0 Å². The molecule has 2 rings (SSSR count). The normalized spacial score (nSPS) is 12.6. The first-order valence-corrected chi connectivity index (χ1v) is 7.25. The molecule has 0 unspecified atom stereocenters. The number of aryl methyl sites for hydroxylation is 1. The van der Waals surface area contributed by atoms with E-state index in [1.807, 2.05) is 35.3 Å². The summed E-state index contributed by atoms with van der Waals surface area (Å²) in [6, 6.07) is 3.90. The van der Waals surface area contributed by atoms with Gasteiger partial charge in [-0.1, -0.05) is 19.9 Å². The average Bonchev–Trinajstić information content (AvgIpc) is 2.97. The summed E-state index contributed by atoms with van der Waals surface area (Å²) in [4.78, 5) is 17.5. The predicted octanol–water partition coefficient (Wildman–Crippen LogP) is 2.54. The summed E-state index contributed by atoms with van der Waals surface area (Å²) >= 11 is 1.61. The van der Waals surface area contributed by atoms with Gasteiger partial charge in [0.1, 0.15) is 5.82 Å². The Bertz CT molecular complexity index is 531. The van der Waals surface area contributed by atoms with E-state index in [2.05, 4.69) is 24.1 Å². The number of nitrogens with zero attached hydrogens (tertiary/aromatic N) is 2. The summed E-state index contributed by atoms with van der Waals surface area (Å²) in [5.41, 5.74) is 0. The van der Waals surface area contributed by atoms with Crippen LogP contribution in [0.25, 0.3) is 0 Å². The van der Waals surface area contributed by atoms with E-state index in [0.29, 0.717) is 12.3 Å². The van der Waals surface area contributed by atoms with E-state index >= 15 is 0 Å². The average molecular weight is 277 g/mol. The molecule has 102 valence electrons. The van der Waals surface area contributed by atoms with Crippen molar-refractivity contribution in [1.29, 1.82) is 0 Å². The van der Waals surface area contributed by atoms with Crippen molar-refractivity contribution in [2.24, 2.45) is 13.0 Å². The van der Waals surface area contributed by atoms with E-state index in [-0.39, 0.29) is 11.9 Å². The van der Waals surface area contributed by atoms with Crippen molar-refractivity contribution in [2.45, 2.75) is 26.3 Å². The van der Waals surface area contributed by atoms with Crippen molar-refractivity contribution in [1.82, 2.24) is 14.9 Å². The summed E-state index contributed by atoms with van der Waals surface area (Å²) in [5.74, 6) is 1.24. The minimum atomic E-state index is -0.0486. The molecule has 1 amide bonds. The molecule has 2 heterocycles. The third kappa shape index (κ3) is 3.44. The number of hydrogen-bond donors (Lipinski definition) is 1. The molecule has 1 N–H and O–H groups in total. The van der Waals surface area contributed by atoms with Gasteiger partial charge in [-0.15, -0.1) is 11.3 Å². The molecular formula is C14H19N3OS. The second-order valence-corrected chi connectivity index (χ2v) is 5.97. The number of aromatic nitrogens is 2. The maximum atomic E-state index is 12.1. The Hall–Kier alpha value is -1.62. The van der Waals surface area contributed by atoms with Crippen molar-refractivity contribution >= 4 is 17.2 Å². The number of carbonyl (C=O) groups is 1. The number of thiophene rings is 1. The van der Waals surface area contributed by atoms with Crippen LogP contribution in [0, 0.1) is 5.92 Å². The Morgan fingerprint density at radius 2 is 2.32 bits per heavy atom. The van der Waals surface area contributed by atoms with Gasteiger partial charge in [0, 0.05) is 24.3 Å². The zero-order valence-corrected chi connectivity index (χ0v) is 12.3. The smallest absolute Gasteiger partial charge is 0.225 e. The van der Waals surface area contributed by atoms with E-state index < -0.39 is 0 Å². The van der Waals surface area contributed by atoms with Crippen LogP contribution in [0.1, 0.15) is 30.6 Å². The molecule has 5 heteroatoms. The zero-order valence-electron chi connectivity index (χ0n) is 11.5. The molecule has 0 spiro atoms. The Balaban J connectivity index is 2.05. The maximum absolute atomic E-state index is 12.1. The molecule has 0 saturated carbocycles. The molecule has 2 aromatic rings. The lowest BCUT2D eigenvalue weighted by Gasteiger charge is -2.22. The molecular weight excluding hydrogens is 258 g/mol. The van der Waals surface area contributed by atoms with Crippen molar-refractivity contribution in [3.8, 4) is 0 Å². The van der Waals surface area contributed by atoms with Crippen molar-refractivity contribution in [2.75, 3.05) is 0 Å². The van der Waals surface area contributed by atoms with Gasteiger partial charge in [0.25, 0.3) is 0 Å². The largest absolute Gasteiger partial charge is 0.346 e. The highest BCUT2D eigenvalue weighted by Gasteiger charge is 2.21. The highest BCUT2D eigenvalue weighted by Crippen LogP contribution is 2.20. The third-order valence-electron chi connectivity index (χ3n) is 3.03. The first-order valence-electron chi connectivity index (χ1n) is 6.37. The molecule has 0 aromatic carbocycles. The fourth-order valence-corrected chi connectivity index (χ4v) is 2.71. The molecule has 19 heavy (non-hydrogen) atoms. The molecule has 4 nitrogen and oxygen atoms in total. The van der Waals surface area contributed by atoms with Crippen LogP contribution in [0.5, 0.6) is 0 Å². The molecule has 2 aromatic heterocycles. The number of imidazole rings is 1. The highest BCUT2D eigenvalue weighted by molar-refractivity contribution is 7.10. The van der Waals surface area contributed by atoms with Crippen LogP contribution in [0.2, 0.25) is 0 Å². The molecule has 0 saturated heterocycles. The van der Waals surface area contributed by atoms with Gasteiger partial charge >= 0.3 is 0 Å². The van der Waals surface area contributed by atoms with E-state index in [0.717, 1.165) is 10.7 Å². The first kappa shape index (κ1) is 13.8.